The summed E-state index contributed by atoms with van der Waals surface area (Å²) in [6.45, 7) is 5.93. The monoisotopic (exact) mass is 286 g/mol. The summed E-state index contributed by atoms with van der Waals surface area (Å²) in [6, 6.07) is 11.0. The molecule has 1 aromatic carbocycles. The minimum Gasteiger partial charge on any atom is -0.312 e. The molecule has 1 N–H and O–H groups in total. The molecule has 0 spiro atoms. The minimum atomic E-state index is 0.484. The molecule has 2 aliphatic carbocycles. The Hall–Kier alpha value is -0.860. The van der Waals surface area contributed by atoms with Crippen molar-refractivity contribution in [2.45, 2.75) is 70.0 Å². The standard InChI is InChI=1S/C19H30N2/c1-4-21(15-9-5-6-10-15)18-13-14(2)16-11-7-8-12-17(16)19(18)20-3/h7-8,11-12,14-15,18-20H,4-6,9-10,13H2,1-3H3. The number of rotatable bonds is 4. The van der Waals surface area contributed by atoms with Crippen molar-refractivity contribution in [3.8, 4) is 0 Å². The van der Waals surface area contributed by atoms with Gasteiger partial charge in [0.15, 0.2) is 0 Å². The molecule has 3 atom stereocenters. The number of fused-ring (bicyclic) bond motifs is 1. The first-order valence-corrected chi connectivity index (χ1v) is 8.78. The fourth-order valence-electron chi connectivity index (χ4n) is 4.75. The van der Waals surface area contributed by atoms with Crippen LogP contribution >= 0.6 is 0 Å². The molecule has 0 heterocycles. The quantitative estimate of drug-likeness (QED) is 0.897. The van der Waals surface area contributed by atoms with Crippen LogP contribution in [0.2, 0.25) is 0 Å². The van der Waals surface area contributed by atoms with Crippen molar-refractivity contribution >= 4 is 0 Å². The zero-order valence-corrected chi connectivity index (χ0v) is 13.8. The lowest BCUT2D eigenvalue weighted by Gasteiger charge is -2.45. The van der Waals surface area contributed by atoms with Crippen LogP contribution in [0.3, 0.4) is 0 Å². The molecule has 2 aliphatic rings. The van der Waals surface area contributed by atoms with Crippen molar-refractivity contribution in [1.82, 2.24) is 10.2 Å². The summed E-state index contributed by atoms with van der Waals surface area (Å²) in [5, 5.41) is 3.63. The molecular weight excluding hydrogens is 256 g/mol. The highest BCUT2D eigenvalue weighted by atomic mass is 15.2. The summed E-state index contributed by atoms with van der Waals surface area (Å²) in [5.74, 6) is 0.672. The summed E-state index contributed by atoms with van der Waals surface area (Å²) in [4.78, 5) is 2.81. The Bertz CT molecular complexity index is 464. The number of hydrogen-bond acceptors (Lipinski definition) is 2. The van der Waals surface area contributed by atoms with Crippen LogP contribution in [-0.4, -0.2) is 30.6 Å². The Balaban J connectivity index is 1.91. The van der Waals surface area contributed by atoms with Crippen LogP contribution in [0.15, 0.2) is 24.3 Å². The fourth-order valence-corrected chi connectivity index (χ4v) is 4.75. The van der Waals surface area contributed by atoms with E-state index in [0.29, 0.717) is 18.0 Å². The van der Waals surface area contributed by atoms with Gasteiger partial charge in [-0.25, -0.2) is 0 Å². The number of nitrogens with zero attached hydrogens (tertiary/aromatic N) is 1. The average Bonchev–Trinajstić information content (AvgIpc) is 3.03. The van der Waals surface area contributed by atoms with E-state index in [1.54, 1.807) is 5.56 Å². The molecule has 1 fully saturated rings. The van der Waals surface area contributed by atoms with E-state index in [9.17, 15) is 0 Å². The Kier molecular flexibility index (Phi) is 4.66. The molecule has 1 saturated carbocycles. The fraction of sp³-hybridized carbons (Fsp3) is 0.684. The van der Waals surface area contributed by atoms with Gasteiger partial charge in [0.25, 0.3) is 0 Å². The zero-order valence-electron chi connectivity index (χ0n) is 13.8. The van der Waals surface area contributed by atoms with Crippen molar-refractivity contribution < 1.29 is 0 Å². The first kappa shape index (κ1) is 15.1. The highest BCUT2D eigenvalue weighted by Crippen LogP contribution is 2.41. The van der Waals surface area contributed by atoms with Gasteiger partial charge in [-0.1, -0.05) is 51.0 Å². The molecule has 0 saturated heterocycles. The highest BCUT2D eigenvalue weighted by Gasteiger charge is 2.38. The Labute approximate surface area is 129 Å². The molecule has 0 bridgehead atoms. The maximum atomic E-state index is 3.63. The van der Waals surface area contributed by atoms with Gasteiger partial charge in [0.2, 0.25) is 0 Å². The number of benzene rings is 1. The normalized spacial score (nSPS) is 29.8. The maximum absolute atomic E-state index is 3.63. The van der Waals surface area contributed by atoms with Crippen molar-refractivity contribution in [3.05, 3.63) is 35.4 Å². The summed E-state index contributed by atoms with van der Waals surface area (Å²) in [6.07, 6.45) is 6.93. The number of likely N-dealkylation sites (N-methyl/N-ethyl adjacent to an activating group) is 2. The molecular formula is C19H30N2. The Morgan fingerprint density at radius 2 is 1.81 bits per heavy atom. The summed E-state index contributed by atoms with van der Waals surface area (Å²) in [5.41, 5.74) is 3.08. The highest BCUT2D eigenvalue weighted by molar-refractivity contribution is 5.36. The van der Waals surface area contributed by atoms with E-state index in [-0.39, 0.29) is 0 Å². The van der Waals surface area contributed by atoms with Crippen LogP contribution in [0.1, 0.15) is 69.0 Å². The lowest BCUT2D eigenvalue weighted by molar-refractivity contribution is 0.0960. The summed E-state index contributed by atoms with van der Waals surface area (Å²) >= 11 is 0. The molecule has 116 valence electrons. The molecule has 0 aliphatic heterocycles. The molecule has 3 rings (SSSR count). The van der Waals surface area contributed by atoms with Gasteiger partial charge in [0.05, 0.1) is 0 Å². The van der Waals surface area contributed by atoms with E-state index in [1.165, 1.54) is 44.2 Å². The topological polar surface area (TPSA) is 15.3 Å². The van der Waals surface area contributed by atoms with Crippen LogP contribution in [0.5, 0.6) is 0 Å². The van der Waals surface area contributed by atoms with Crippen molar-refractivity contribution in [1.29, 1.82) is 0 Å². The van der Waals surface area contributed by atoms with E-state index >= 15 is 0 Å². The molecule has 0 aromatic heterocycles. The second kappa shape index (κ2) is 6.50. The SMILES string of the molecule is CCN(C1CCCC1)C1CC(C)c2ccccc2C1NC. The van der Waals surface area contributed by atoms with Gasteiger partial charge in [-0.15, -0.1) is 0 Å². The Morgan fingerprint density at radius 1 is 1.14 bits per heavy atom. The predicted octanol–water partition coefficient (Wildman–Crippen LogP) is 4.09. The zero-order chi connectivity index (χ0) is 14.8. The third-order valence-corrected chi connectivity index (χ3v) is 5.74. The van der Waals surface area contributed by atoms with Gasteiger partial charge in [0.1, 0.15) is 0 Å². The smallest absolute Gasteiger partial charge is 0.0478 e. The average molecular weight is 286 g/mol. The third-order valence-electron chi connectivity index (χ3n) is 5.74. The molecule has 3 unspecified atom stereocenters. The lowest BCUT2D eigenvalue weighted by Crippen LogP contribution is -2.50. The second-order valence-electron chi connectivity index (χ2n) is 6.87. The largest absolute Gasteiger partial charge is 0.312 e. The first-order chi connectivity index (χ1) is 10.3. The van der Waals surface area contributed by atoms with Gasteiger partial charge in [0, 0.05) is 18.1 Å². The molecule has 0 amide bonds. The van der Waals surface area contributed by atoms with Gasteiger partial charge in [-0.3, -0.25) is 4.90 Å². The molecule has 21 heavy (non-hydrogen) atoms. The summed E-state index contributed by atoms with van der Waals surface area (Å²) in [7, 11) is 2.13. The van der Waals surface area contributed by atoms with Crippen molar-refractivity contribution in [2.24, 2.45) is 0 Å². The Morgan fingerprint density at radius 3 is 2.43 bits per heavy atom. The predicted molar refractivity (Wildman–Crippen MR) is 89.7 cm³/mol. The molecule has 2 heteroatoms. The van der Waals surface area contributed by atoms with Crippen molar-refractivity contribution in [2.75, 3.05) is 13.6 Å². The van der Waals surface area contributed by atoms with E-state index in [0.717, 1.165) is 6.04 Å². The molecule has 0 radical (unpaired) electrons. The molecule has 1 aromatic rings. The van der Waals surface area contributed by atoms with Crippen LogP contribution in [0, 0.1) is 0 Å². The maximum Gasteiger partial charge on any atom is 0.0478 e. The van der Waals surface area contributed by atoms with Crippen LogP contribution in [-0.2, 0) is 0 Å². The minimum absolute atomic E-state index is 0.484. The van der Waals surface area contributed by atoms with Gasteiger partial charge in [-0.05, 0) is 49.9 Å². The first-order valence-electron chi connectivity index (χ1n) is 8.78. The third kappa shape index (κ3) is 2.76. The van der Waals surface area contributed by atoms with Gasteiger partial charge in [-0.2, -0.15) is 0 Å². The van der Waals surface area contributed by atoms with E-state index in [4.69, 9.17) is 0 Å². The number of nitrogens with one attached hydrogen (secondary N) is 1. The lowest BCUT2D eigenvalue weighted by atomic mass is 9.77. The van der Waals surface area contributed by atoms with Crippen LogP contribution in [0.4, 0.5) is 0 Å². The number of hydrogen-bond donors (Lipinski definition) is 1. The van der Waals surface area contributed by atoms with Gasteiger partial charge < -0.3 is 5.32 Å². The van der Waals surface area contributed by atoms with Gasteiger partial charge >= 0.3 is 0 Å². The van der Waals surface area contributed by atoms with Crippen LogP contribution < -0.4 is 5.32 Å². The van der Waals surface area contributed by atoms with Crippen LogP contribution in [0.25, 0.3) is 0 Å². The van der Waals surface area contributed by atoms with Crippen molar-refractivity contribution in [3.63, 3.8) is 0 Å². The summed E-state index contributed by atoms with van der Waals surface area (Å²) < 4.78 is 0. The van der Waals surface area contributed by atoms with E-state index in [2.05, 4.69) is 55.4 Å². The van der Waals surface area contributed by atoms with E-state index < -0.39 is 0 Å². The van der Waals surface area contributed by atoms with E-state index in [1.807, 2.05) is 0 Å². The molecule has 2 nitrogen and oxygen atoms in total. The second-order valence-corrected chi connectivity index (χ2v) is 6.87.